The van der Waals surface area contributed by atoms with Gasteiger partial charge in [-0.1, -0.05) is 32.3 Å². The summed E-state index contributed by atoms with van der Waals surface area (Å²) < 4.78 is 5.80. The van der Waals surface area contributed by atoms with Crippen LogP contribution in [0.1, 0.15) is 53.4 Å². The quantitative estimate of drug-likeness (QED) is 0.625. The molecule has 3 heteroatoms. The van der Waals surface area contributed by atoms with E-state index in [0.29, 0.717) is 0 Å². The predicted molar refractivity (Wildman–Crippen MR) is 92.3 cm³/mol. The first-order valence-corrected chi connectivity index (χ1v) is 8.23. The summed E-state index contributed by atoms with van der Waals surface area (Å²) in [4.78, 5) is 0. The molecule has 1 aromatic rings. The normalized spacial score (nSPS) is 11.4. The van der Waals surface area contributed by atoms with Crippen LogP contribution in [0.5, 0.6) is 5.75 Å². The van der Waals surface area contributed by atoms with E-state index in [-0.39, 0.29) is 5.54 Å². The van der Waals surface area contributed by atoms with Gasteiger partial charge < -0.3 is 15.4 Å². The number of hydrogen-bond acceptors (Lipinski definition) is 3. The van der Waals surface area contributed by atoms with Crippen LogP contribution in [0.15, 0.2) is 24.3 Å². The lowest BCUT2D eigenvalue weighted by atomic mass is 10.1. The second kappa shape index (κ2) is 9.67. The molecule has 0 radical (unpaired) electrons. The van der Waals surface area contributed by atoms with Crippen LogP contribution in [0.2, 0.25) is 0 Å². The Bertz CT molecular complexity index is 385. The van der Waals surface area contributed by atoms with Crippen molar-refractivity contribution in [1.29, 1.82) is 0 Å². The van der Waals surface area contributed by atoms with Crippen molar-refractivity contribution >= 4 is 5.69 Å². The number of hydrogen-bond donors (Lipinski definition) is 2. The van der Waals surface area contributed by atoms with Crippen molar-refractivity contribution in [2.45, 2.75) is 58.9 Å². The average Bonchev–Trinajstić information content (AvgIpc) is 2.43. The fourth-order valence-corrected chi connectivity index (χ4v) is 2.06. The van der Waals surface area contributed by atoms with Crippen LogP contribution < -0.4 is 15.4 Å². The average molecular weight is 292 g/mol. The molecule has 120 valence electrons. The zero-order valence-electron chi connectivity index (χ0n) is 14.2. The van der Waals surface area contributed by atoms with Gasteiger partial charge in [-0.25, -0.2) is 0 Å². The van der Waals surface area contributed by atoms with Gasteiger partial charge >= 0.3 is 0 Å². The van der Waals surface area contributed by atoms with Crippen molar-refractivity contribution in [2.75, 3.05) is 25.0 Å². The topological polar surface area (TPSA) is 33.3 Å². The van der Waals surface area contributed by atoms with Crippen molar-refractivity contribution in [2.24, 2.45) is 0 Å². The molecular weight excluding hydrogens is 260 g/mol. The van der Waals surface area contributed by atoms with Crippen LogP contribution in [0.25, 0.3) is 0 Å². The van der Waals surface area contributed by atoms with Crippen molar-refractivity contribution in [1.82, 2.24) is 5.32 Å². The minimum Gasteiger partial charge on any atom is -0.494 e. The first-order valence-electron chi connectivity index (χ1n) is 8.23. The van der Waals surface area contributed by atoms with Gasteiger partial charge in [-0.05, 0) is 39.3 Å². The number of rotatable bonds is 10. The van der Waals surface area contributed by atoms with Gasteiger partial charge in [-0.2, -0.15) is 0 Å². The maximum absolute atomic E-state index is 5.80. The van der Waals surface area contributed by atoms with Gasteiger partial charge in [-0.15, -0.1) is 0 Å². The number of ether oxygens (including phenoxy) is 1. The third-order valence-corrected chi connectivity index (χ3v) is 3.21. The molecule has 0 aromatic heterocycles. The summed E-state index contributed by atoms with van der Waals surface area (Å²) in [7, 11) is 0. The van der Waals surface area contributed by atoms with E-state index in [9.17, 15) is 0 Å². The standard InChI is InChI=1S/C18H32N2O/c1-5-6-7-8-14-21-17-11-9-10-16(15-17)19-12-13-20-18(2,3)4/h9-11,15,19-20H,5-8,12-14H2,1-4H3. The van der Waals surface area contributed by atoms with Crippen LogP contribution in [0.3, 0.4) is 0 Å². The molecule has 0 saturated heterocycles. The molecule has 0 fully saturated rings. The van der Waals surface area contributed by atoms with E-state index in [1.165, 1.54) is 19.3 Å². The minimum absolute atomic E-state index is 0.172. The molecule has 0 spiro atoms. The van der Waals surface area contributed by atoms with E-state index in [1.807, 2.05) is 12.1 Å². The summed E-state index contributed by atoms with van der Waals surface area (Å²) in [6, 6.07) is 8.23. The zero-order valence-corrected chi connectivity index (χ0v) is 14.2. The third kappa shape index (κ3) is 9.35. The van der Waals surface area contributed by atoms with E-state index in [2.05, 4.69) is 50.5 Å². The molecule has 0 aliphatic carbocycles. The Balaban J connectivity index is 2.25. The molecule has 0 bridgehead atoms. The van der Waals surface area contributed by atoms with Gasteiger partial charge in [-0.3, -0.25) is 0 Å². The zero-order chi connectivity index (χ0) is 15.6. The maximum Gasteiger partial charge on any atom is 0.121 e. The lowest BCUT2D eigenvalue weighted by Crippen LogP contribution is -2.38. The predicted octanol–water partition coefficient (Wildman–Crippen LogP) is 4.45. The Hall–Kier alpha value is -1.22. The van der Waals surface area contributed by atoms with Crippen molar-refractivity contribution in [3.8, 4) is 5.75 Å². The largest absolute Gasteiger partial charge is 0.494 e. The molecule has 0 unspecified atom stereocenters. The summed E-state index contributed by atoms with van der Waals surface area (Å²) in [6.07, 6.45) is 4.96. The van der Waals surface area contributed by atoms with Crippen LogP contribution >= 0.6 is 0 Å². The number of anilines is 1. The molecule has 1 rings (SSSR count). The molecule has 3 nitrogen and oxygen atoms in total. The van der Waals surface area contributed by atoms with Crippen LogP contribution in [-0.4, -0.2) is 25.2 Å². The SMILES string of the molecule is CCCCCCOc1cccc(NCCNC(C)(C)C)c1. The molecule has 0 atom stereocenters. The Morgan fingerprint density at radius 2 is 1.86 bits per heavy atom. The molecule has 0 aliphatic rings. The van der Waals surface area contributed by atoms with E-state index in [1.54, 1.807) is 0 Å². The van der Waals surface area contributed by atoms with E-state index in [4.69, 9.17) is 4.74 Å². The molecule has 0 aliphatic heterocycles. The molecule has 2 N–H and O–H groups in total. The Kier molecular flexibility index (Phi) is 8.21. The summed E-state index contributed by atoms with van der Waals surface area (Å²) in [5.41, 5.74) is 1.29. The minimum atomic E-state index is 0.172. The smallest absolute Gasteiger partial charge is 0.121 e. The third-order valence-electron chi connectivity index (χ3n) is 3.21. The number of nitrogens with one attached hydrogen (secondary N) is 2. The lowest BCUT2D eigenvalue weighted by molar-refractivity contribution is 0.305. The molecule has 0 amide bonds. The van der Waals surface area contributed by atoms with Gasteiger partial charge in [0.15, 0.2) is 0 Å². The highest BCUT2D eigenvalue weighted by Gasteiger charge is 2.07. The van der Waals surface area contributed by atoms with Gasteiger partial charge in [0.25, 0.3) is 0 Å². The second-order valence-corrected chi connectivity index (χ2v) is 6.54. The van der Waals surface area contributed by atoms with E-state index >= 15 is 0 Å². The van der Waals surface area contributed by atoms with Gasteiger partial charge in [0.1, 0.15) is 5.75 Å². The van der Waals surface area contributed by atoms with Crippen molar-refractivity contribution in [3.63, 3.8) is 0 Å². The highest BCUT2D eigenvalue weighted by molar-refractivity contribution is 5.48. The van der Waals surface area contributed by atoms with Crippen LogP contribution in [-0.2, 0) is 0 Å². The summed E-state index contributed by atoms with van der Waals surface area (Å²) in [5.74, 6) is 0.959. The highest BCUT2D eigenvalue weighted by atomic mass is 16.5. The Morgan fingerprint density at radius 3 is 2.57 bits per heavy atom. The fourth-order valence-electron chi connectivity index (χ4n) is 2.06. The maximum atomic E-state index is 5.80. The highest BCUT2D eigenvalue weighted by Crippen LogP contribution is 2.17. The van der Waals surface area contributed by atoms with Crippen LogP contribution in [0.4, 0.5) is 5.69 Å². The first kappa shape index (κ1) is 17.8. The monoisotopic (exact) mass is 292 g/mol. The molecular formula is C18H32N2O. The lowest BCUT2D eigenvalue weighted by Gasteiger charge is -2.20. The fraction of sp³-hybridized carbons (Fsp3) is 0.667. The van der Waals surface area contributed by atoms with E-state index in [0.717, 1.165) is 37.6 Å². The van der Waals surface area contributed by atoms with Gasteiger partial charge in [0.05, 0.1) is 6.61 Å². The van der Waals surface area contributed by atoms with E-state index < -0.39 is 0 Å². The first-order chi connectivity index (χ1) is 10.0. The van der Waals surface area contributed by atoms with Gasteiger partial charge in [0.2, 0.25) is 0 Å². The summed E-state index contributed by atoms with van der Waals surface area (Å²) in [6.45, 7) is 11.4. The molecule has 0 heterocycles. The number of unbranched alkanes of at least 4 members (excludes halogenated alkanes) is 3. The number of benzene rings is 1. The Labute approximate surface area is 130 Å². The summed E-state index contributed by atoms with van der Waals surface area (Å²) >= 11 is 0. The van der Waals surface area contributed by atoms with Crippen molar-refractivity contribution < 1.29 is 4.74 Å². The van der Waals surface area contributed by atoms with Crippen molar-refractivity contribution in [3.05, 3.63) is 24.3 Å². The van der Waals surface area contributed by atoms with Crippen LogP contribution in [0, 0.1) is 0 Å². The molecule has 0 saturated carbocycles. The van der Waals surface area contributed by atoms with Gasteiger partial charge in [0, 0.05) is 30.4 Å². The summed E-state index contributed by atoms with van der Waals surface area (Å²) in [5, 5.41) is 6.89. The Morgan fingerprint density at radius 1 is 1.05 bits per heavy atom. The second-order valence-electron chi connectivity index (χ2n) is 6.54. The molecule has 21 heavy (non-hydrogen) atoms. The molecule has 1 aromatic carbocycles.